The molecule has 1 unspecified atom stereocenters. The van der Waals surface area contributed by atoms with Crippen molar-refractivity contribution in [2.75, 3.05) is 0 Å². The van der Waals surface area contributed by atoms with E-state index in [9.17, 15) is 0 Å². The van der Waals surface area contributed by atoms with Crippen LogP contribution < -0.4 is 0 Å². The van der Waals surface area contributed by atoms with Crippen molar-refractivity contribution in [3.8, 4) is 6.07 Å². The molecule has 0 saturated carbocycles. The zero-order valence-electron chi connectivity index (χ0n) is 11.4. The van der Waals surface area contributed by atoms with E-state index in [0.717, 1.165) is 12.0 Å². The number of allylic oxidation sites excluding steroid dienone is 2. The van der Waals surface area contributed by atoms with Gasteiger partial charge in [-0.25, -0.2) is 0 Å². The number of benzene rings is 2. The van der Waals surface area contributed by atoms with Gasteiger partial charge in [-0.3, -0.25) is 0 Å². The number of nitriles is 1. The van der Waals surface area contributed by atoms with Gasteiger partial charge >= 0.3 is 0 Å². The molecule has 0 radical (unpaired) electrons. The van der Waals surface area contributed by atoms with Gasteiger partial charge in [0, 0.05) is 5.92 Å². The van der Waals surface area contributed by atoms with E-state index in [4.69, 9.17) is 5.26 Å². The van der Waals surface area contributed by atoms with Crippen LogP contribution in [0.2, 0.25) is 0 Å². The van der Waals surface area contributed by atoms with Crippen molar-refractivity contribution in [2.45, 2.75) is 25.2 Å². The molecule has 2 aromatic carbocycles. The second-order valence-electron chi connectivity index (χ2n) is 5.24. The number of hydrogen-bond donors (Lipinski definition) is 0. The molecule has 20 heavy (non-hydrogen) atoms. The van der Waals surface area contributed by atoms with Gasteiger partial charge in [0.25, 0.3) is 0 Å². The van der Waals surface area contributed by atoms with Crippen LogP contribution in [0.15, 0.2) is 60.7 Å². The van der Waals surface area contributed by atoms with Gasteiger partial charge in [-0.15, -0.1) is 0 Å². The largest absolute Gasteiger partial charge is 0.192 e. The molecule has 1 aliphatic carbocycles. The van der Waals surface area contributed by atoms with Gasteiger partial charge in [-0.1, -0.05) is 48.5 Å². The van der Waals surface area contributed by atoms with Crippen molar-refractivity contribution in [2.24, 2.45) is 0 Å². The fourth-order valence-corrected chi connectivity index (χ4v) is 2.96. The monoisotopic (exact) mass is 259 g/mol. The molecule has 0 aliphatic heterocycles. The van der Waals surface area contributed by atoms with Crippen LogP contribution in [-0.2, 0) is 0 Å². The first-order chi connectivity index (χ1) is 9.88. The zero-order chi connectivity index (χ0) is 13.8. The van der Waals surface area contributed by atoms with Gasteiger partial charge < -0.3 is 0 Å². The highest BCUT2D eigenvalue weighted by atomic mass is 14.3. The van der Waals surface area contributed by atoms with E-state index >= 15 is 0 Å². The molecule has 1 aliphatic rings. The highest BCUT2D eigenvalue weighted by Crippen LogP contribution is 2.39. The average Bonchev–Trinajstić information content (AvgIpc) is 2.56. The summed E-state index contributed by atoms with van der Waals surface area (Å²) in [6.45, 7) is 0. The fourth-order valence-electron chi connectivity index (χ4n) is 2.96. The summed E-state index contributed by atoms with van der Waals surface area (Å²) in [5.41, 5.74) is 4.80. The van der Waals surface area contributed by atoms with E-state index in [2.05, 4.69) is 54.6 Å². The van der Waals surface area contributed by atoms with Gasteiger partial charge in [0.2, 0.25) is 0 Å². The maximum atomic E-state index is 8.91. The summed E-state index contributed by atoms with van der Waals surface area (Å²) in [5.74, 6) is 0.457. The predicted molar refractivity (Wildman–Crippen MR) is 82.2 cm³/mol. The van der Waals surface area contributed by atoms with Gasteiger partial charge in [0.15, 0.2) is 0 Å². The normalized spacial score (nSPS) is 18.1. The highest BCUT2D eigenvalue weighted by Gasteiger charge is 2.20. The van der Waals surface area contributed by atoms with Gasteiger partial charge in [-0.05, 0) is 48.1 Å². The SMILES string of the molecule is N#Cc1ccc(C2CCCC=C2c2ccccc2)cc1. The van der Waals surface area contributed by atoms with Crippen molar-refractivity contribution < 1.29 is 0 Å². The quantitative estimate of drug-likeness (QED) is 0.751. The minimum atomic E-state index is 0.457. The van der Waals surface area contributed by atoms with E-state index in [1.54, 1.807) is 0 Å². The lowest BCUT2D eigenvalue weighted by Crippen LogP contribution is -2.06. The third-order valence-corrected chi connectivity index (χ3v) is 3.99. The molecule has 2 aromatic rings. The number of hydrogen-bond acceptors (Lipinski definition) is 1. The Morgan fingerprint density at radius 1 is 0.950 bits per heavy atom. The average molecular weight is 259 g/mol. The first-order valence-corrected chi connectivity index (χ1v) is 7.14. The Labute approximate surface area is 120 Å². The lowest BCUT2D eigenvalue weighted by molar-refractivity contribution is 0.669. The second-order valence-corrected chi connectivity index (χ2v) is 5.24. The van der Waals surface area contributed by atoms with E-state index in [-0.39, 0.29) is 0 Å². The van der Waals surface area contributed by atoms with Crippen molar-refractivity contribution in [1.29, 1.82) is 5.26 Å². The summed E-state index contributed by atoms with van der Waals surface area (Å²) < 4.78 is 0. The van der Waals surface area contributed by atoms with Crippen LogP contribution in [0.25, 0.3) is 5.57 Å². The van der Waals surface area contributed by atoms with E-state index in [1.165, 1.54) is 29.5 Å². The Bertz CT molecular complexity index is 644. The van der Waals surface area contributed by atoms with Crippen LogP contribution in [0, 0.1) is 11.3 Å². The molecule has 0 saturated heterocycles. The summed E-state index contributed by atoms with van der Waals surface area (Å²) in [5, 5.41) is 8.91. The van der Waals surface area contributed by atoms with Crippen LogP contribution in [-0.4, -0.2) is 0 Å². The Morgan fingerprint density at radius 3 is 2.40 bits per heavy atom. The summed E-state index contributed by atoms with van der Waals surface area (Å²) in [7, 11) is 0. The van der Waals surface area contributed by atoms with Crippen LogP contribution >= 0.6 is 0 Å². The van der Waals surface area contributed by atoms with Crippen molar-refractivity contribution >= 4 is 5.57 Å². The third kappa shape index (κ3) is 2.51. The van der Waals surface area contributed by atoms with E-state index in [0.29, 0.717) is 5.92 Å². The molecular weight excluding hydrogens is 242 g/mol. The van der Waals surface area contributed by atoms with Gasteiger partial charge in [0.05, 0.1) is 11.6 Å². The summed E-state index contributed by atoms with van der Waals surface area (Å²) >= 11 is 0. The minimum absolute atomic E-state index is 0.457. The Balaban J connectivity index is 1.96. The second kappa shape index (κ2) is 5.75. The van der Waals surface area contributed by atoms with Crippen LogP contribution in [0.3, 0.4) is 0 Å². The molecule has 98 valence electrons. The van der Waals surface area contributed by atoms with E-state index < -0.39 is 0 Å². The van der Waals surface area contributed by atoms with Crippen LogP contribution in [0.5, 0.6) is 0 Å². The molecular formula is C19H17N. The molecule has 0 fully saturated rings. The lowest BCUT2D eigenvalue weighted by atomic mass is 9.79. The molecule has 0 bridgehead atoms. The molecule has 0 spiro atoms. The summed E-state index contributed by atoms with van der Waals surface area (Å²) in [6.07, 6.45) is 5.96. The first kappa shape index (κ1) is 12.7. The Hall–Kier alpha value is -2.33. The molecule has 1 nitrogen and oxygen atoms in total. The number of nitrogens with zero attached hydrogens (tertiary/aromatic N) is 1. The van der Waals surface area contributed by atoms with Gasteiger partial charge in [0.1, 0.15) is 0 Å². The standard InChI is InChI=1S/C19H17N/c20-14-15-10-12-17(13-11-15)19-9-5-4-8-18(19)16-6-2-1-3-7-16/h1-3,6-8,10-13,19H,4-5,9H2. The third-order valence-electron chi connectivity index (χ3n) is 3.99. The van der Waals surface area contributed by atoms with Crippen molar-refractivity contribution in [3.05, 3.63) is 77.4 Å². The predicted octanol–water partition coefficient (Wildman–Crippen LogP) is 4.91. The molecule has 0 amide bonds. The summed E-state index contributed by atoms with van der Waals surface area (Å²) in [4.78, 5) is 0. The minimum Gasteiger partial charge on any atom is -0.192 e. The zero-order valence-corrected chi connectivity index (χ0v) is 11.4. The topological polar surface area (TPSA) is 23.8 Å². The Morgan fingerprint density at radius 2 is 1.70 bits per heavy atom. The molecule has 3 rings (SSSR count). The fraction of sp³-hybridized carbons (Fsp3) is 0.211. The maximum absolute atomic E-state index is 8.91. The first-order valence-electron chi connectivity index (χ1n) is 7.14. The molecule has 0 N–H and O–H groups in total. The van der Waals surface area contributed by atoms with Gasteiger partial charge in [-0.2, -0.15) is 5.26 Å². The van der Waals surface area contributed by atoms with Crippen LogP contribution in [0.4, 0.5) is 0 Å². The van der Waals surface area contributed by atoms with E-state index in [1.807, 2.05) is 12.1 Å². The smallest absolute Gasteiger partial charge is 0.0991 e. The van der Waals surface area contributed by atoms with Crippen molar-refractivity contribution in [1.82, 2.24) is 0 Å². The number of rotatable bonds is 2. The maximum Gasteiger partial charge on any atom is 0.0991 e. The highest BCUT2D eigenvalue weighted by molar-refractivity contribution is 5.72. The summed E-state index contributed by atoms with van der Waals surface area (Å²) in [6, 6.07) is 20.9. The molecule has 0 aromatic heterocycles. The van der Waals surface area contributed by atoms with Crippen molar-refractivity contribution in [3.63, 3.8) is 0 Å². The van der Waals surface area contributed by atoms with Crippen LogP contribution in [0.1, 0.15) is 41.9 Å². The Kier molecular flexibility index (Phi) is 3.65. The molecule has 1 atom stereocenters. The molecule has 1 heteroatoms. The molecule has 0 heterocycles. The lowest BCUT2D eigenvalue weighted by Gasteiger charge is -2.25.